The molecule has 0 aromatic carbocycles. The molecule has 2 aromatic rings. The van der Waals surface area contributed by atoms with Crippen molar-refractivity contribution in [3.05, 3.63) is 35.4 Å². The molecule has 0 amide bonds. The van der Waals surface area contributed by atoms with E-state index in [1.165, 1.54) is 0 Å². The Morgan fingerprint density at radius 3 is 2.84 bits per heavy atom. The number of sulfonamides is 1. The fraction of sp³-hybridized carbons (Fsp3) is 0.385. The van der Waals surface area contributed by atoms with Crippen molar-refractivity contribution in [3.63, 3.8) is 0 Å². The molecule has 0 aliphatic carbocycles. The average molecular weight is 299 g/mol. The molecule has 6 heteroatoms. The maximum atomic E-state index is 11.6. The highest BCUT2D eigenvalue weighted by atomic mass is 32.2. The standard InChI is InChI=1S/C13H17NO3S2/c1-2-3-9-19(15,16)14-10-11-6-7-12(17-11)13-5-4-8-18-13/h4-8,14H,2-3,9-10H2,1H3. The quantitative estimate of drug-likeness (QED) is 0.854. The minimum absolute atomic E-state index is 0.169. The first-order chi connectivity index (χ1) is 9.11. The van der Waals surface area contributed by atoms with Gasteiger partial charge in [0.1, 0.15) is 11.5 Å². The van der Waals surface area contributed by atoms with Gasteiger partial charge in [-0.25, -0.2) is 13.1 Å². The smallest absolute Gasteiger partial charge is 0.212 e. The van der Waals surface area contributed by atoms with E-state index in [1.54, 1.807) is 17.4 Å². The molecular formula is C13H17NO3S2. The van der Waals surface area contributed by atoms with Crippen LogP contribution >= 0.6 is 11.3 Å². The second kappa shape index (κ2) is 6.36. The molecule has 0 spiro atoms. The average Bonchev–Trinajstić information content (AvgIpc) is 3.04. The molecule has 0 aliphatic heterocycles. The number of hydrogen-bond acceptors (Lipinski definition) is 4. The molecule has 0 unspecified atom stereocenters. The molecule has 19 heavy (non-hydrogen) atoms. The Bertz CT molecular complexity index is 600. The summed E-state index contributed by atoms with van der Waals surface area (Å²) < 4.78 is 31.5. The van der Waals surface area contributed by atoms with Gasteiger partial charge < -0.3 is 4.42 Å². The maximum Gasteiger partial charge on any atom is 0.212 e. The normalized spacial score (nSPS) is 11.8. The predicted molar refractivity (Wildman–Crippen MR) is 77.6 cm³/mol. The molecule has 0 saturated carbocycles. The van der Waals surface area contributed by atoms with Crippen molar-refractivity contribution in [1.29, 1.82) is 0 Å². The molecule has 0 fully saturated rings. The van der Waals surface area contributed by atoms with Gasteiger partial charge in [0.05, 0.1) is 17.2 Å². The van der Waals surface area contributed by atoms with Crippen molar-refractivity contribution in [1.82, 2.24) is 4.72 Å². The topological polar surface area (TPSA) is 59.3 Å². The fourth-order valence-corrected chi connectivity index (χ4v) is 3.47. The molecule has 0 saturated heterocycles. The Balaban J connectivity index is 1.94. The van der Waals surface area contributed by atoms with Gasteiger partial charge in [-0.15, -0.1) is 11.3 Å². The first-order valence-electron chi connectivity index (χ1n) is 6.20. The Hall–Kier alpha value is -1.11. The van der Waals surface area contributed by atoms with Gasteiger partial charge in [0.25, 0.3) is 0 Å². The number of nitrogens with one attached hydrogen (secondary N) is 1. The highest BCUT2D eigenvalue weighted by molar-refractivity contribution is 7.89. The van der Waals surface area contributed by atoms with E-state index in [-0.39, 0.29) is 12.3 Å². The molecule has 0 bridgehead atoms. The van der Waals surface area contributed by atoms with E-state index in [1.807, 2.05) is 30.5 Å². The Kier molecular flexibility index (Phi) is 4.79. The predicted octanol–water partition coefficient (Wildman–Crippen LogP) is 3.23. The highest BCUT2D eigenvalue weighted by Crippen LogP contribution is 2.26. The molecule has 4 nitrogen and oxygen atoms in total. The third kappa shape index (κ3) is 4.19. The van der Waals surface area contributed by atoms with Gasteiger partial charge in [-0.3, -0.25) is 0 Å². The third-order valence-electron chi connectivity index (χ3n) is 2.66. The van der Waals surface area contributed by atoms with Gasteiger partial charge in [0.2, 0.25) is 10.0 Å². The lowest BCUT2D eigenvalue weighted by molar-refractivity contribution is 0.510. The Labute approximate surface area is 117 Å². The van der Waals surface area contributed by atoms with Crippen molar-refractivity contribution in [3.8, 4) is 10.6 Å². The Morgan fingerprint density at radius 2 is 2.16 bits per heavy atom. The summed E-state index contributed by atoms with van der Waals surface area (Å²) in [6.07, 6.45) is 1.54. The molecule has 0 radical (unpaired) electrons. The first kappa shape index (κ1) is 14.3. The van der Waals surface area contributed by atoms with Gasteiger partial charge in [-0.1, -0.05) is 19.4 Å². The van der Waals surface area contributed by atoms with E-state index in [4.69, 9.17) is 4.42 Å². The second-order valence-corrected chi connectivity index (χ2v) is 7.11. The van der Waals surface area contributed by atoms with Gasteiger partial charge in [0, 0.05) is 0 Å². The van der Waals surface area contributed by atoms with E-state index in [2.05, 4.69) is 4.72 Å². The lowest BCUT2D eigenvalue weighted by Gasteiger charge is -2.03. The lowest BCUT2D eigenvalue weighted by Crippen LogP contribution is -2.25. The molecule has 104 valence electrons. The van der Waals surface area contributed by atoms with Crippen LogP contribution in [0.1, 0.15) is 25.5 Å². The van der Waals surface area contributed by atoms with Crippen LogP contribution in [-0.2, 0) is 16.6 Å². The SMILES string of the molecule is CCCCS(=O)(=O)NCc1ccc(-c2cccs2)o1. The minimum atomic E-state index is -3.19. The minimum Gasteiger partial charge on any atom is -0.459 e. The summed E-state index contributed by atoms with van der Waals surface area (Å²) in [4.78, 5) is 1.04. The van der Waals surface area contributed by atoms with Crippen molar-refractivity contribution in [2.24, 2.45) is 0 Å². The number of rotatable bonds is 7. The van der Waals surface area contributed by atoms with E-state index in [0.29, 0.717) is 12.2 Å². The van der Waals surface area contributed by atoms with Crippen LogP contribution in [0.25, 0.3) is 10.6 Å². The zero-order chi connectivity index (χ0) is 13.7. The van der Waals surface area contributed by atoms with Crippen LogP contribution in [0.5, 0.6) is 0 Å². The molecule has 2 rings (SSSR count). The summed E-state index contributed by atoms with van der Waals surface area (Å²) >= 11 is 1.59. The molecule has 0 aliphatic rings. The monoisotopic (exact) mass is 299 g/mol. The maximum absolute atomic E-state index is 11.6. The lowest BCUT2D eigenvalue weighted by atomic mass is 10.3. The molecule has 1 N–H and O–H groups in total. The molecular weight excluding hydrogens is 282 g/mol. The second-order valence-electron chi connectivity index (χ2n) is 4.24. The Morgan fingerprint density at radius 1 is 1.32 bits per heavy atom. The van der Waals surface area contributed by atoms with E-state index in [0.717, 1.165) is 17.1 Å². The zero-order valence-electron chi connectivity index (χ0n) is 10.8. The van der Waals surface area contributed by atoms with Crippen LogP contribution in [0.4, 0.5) is 0 Å². The number of thiophene rings is 1. The number of furan rings is 1. The van der Waals surface area contributed by atoms with Crippen molar-refractivity contribution in [2.45, 2.75) is 26.3 Å². The first-order valence-corrected chi connectivity index (χ1v) is 8.74. The van der Waals surface area contributed by atoms with E-state index in [9.17, 15) is 8.42 Å². The van der Waals surface area contributed by atoms with Crippen LogP contribution < -0.4 is 4.72 Å². The number of hydrogen-bond donors (Lipinski definition) is 1. The van der Waals surface area contributed by atoms with Crippen molar-refractivity contribution < 1.29 is 12.8 Å². The highest BCUT2D eigenvalue weighted by Gasteiger charge is 2.11. The summed E-state index contributed by atoms with van der Waals surface area (Å²) in [5.74, 6) is 1.57. The van der Waals surface area contributed by atoms with Gasteiger partial charge in [-0.05, 0) is 30.0 Å². The molecule has 2 heterocycles. The van der Waals surface area contributed by atoms with Crippen molar-refractivity contribution in [2.75, 3.05) is 5.75 Å². The molecule has 0 atom stereocenters. The third-order valence-corrected chi connectivity index (χ3v) is 4.95. The van der Waals surface area contributed by atoms with Gasteiger partial charge >= 0.3 is 0 Å². The van der Waals surface area contributed by atoms with E-state index < -0.39 is 10.0 Å². The summed E-state index contributed by atoms with van der Waals surface area (Å²) in [7, 11) is -3.19. The summed E-state index contributed by atoms with van der Waals surface area (Å²) in [5, 5.41) is 1.98. The summed E-state index contributed by atoms with van der Waals surface area (Å²) in [6.45, 7) is 2.17. The van der Waals surface area contributed by atoms with Crippen LogP contribution in [0, 0.1) is 0 Å². The van der Waals surface area contributed by atoms with Crippen molar-refractivity contribution >= 4 is 21.4 Å². The summed E-state index contributed by atoms with van der Waals surface area (Å²) in [5.41, 5.74) is 0. The largest absolute Gasteiger partial charge is 0.459 e. The van der Waals surface area contributed by atoms with Gasteiger partial charge in [0.15, 0.2) is 0 Å². The van der Waals surface area contributed by atoms with E-state index >= 15 is 0 Å². The van der Waals surface area contributed by atoms with Crippen LogP contribution in [0.3, 0.4) is 0 Å². The van der Waals surface area contributed by atoms with Crippen LogP contribution in [0.2, 0.25) is 0 Å². The van der Waals surface area contributed by atoms with Gasteiger partial charge in [-0.2, -0.15) is 0 Å². The zero-order valence-corrected chi connectivity index (χ0v) is 12.4. The molecule has 2 aromatic heterocycles. The fourth-order valence-electron chi connectivity index (χ4n) is 1.61. The number of unbranched alkanes of at least 4 members (excludes halogenated alkanes) is 1. The van der Waals surface area contributed by atoms with Crippen LogP contribution in [-0.4, -0.2) is 14.2 Å². The van der Waals surface area contributed by atoms with Crippen LogP contribution in [0.15, 0.2) is 34.1 Å². The summed E-state index contributed by atoms with van der Waals surface area (Å²) in [6, 6.07) is 7.59.